The van der Waals surface area contributed by atoms with Crippen LogP contribution >= 0.6 is 0 Å². The largest absolute Gasteiger partial charge is 0.492 e. The van der Waals surface area contributed by atoms with E-state index in [4.69, 9.17) is 23.7 Å². The summed E-state index contributed by atoms with van der Waals surface area (Å²) in [5.41, 5.74) is 1.22. The highest BCUT2D eigenvalue weighted by Crippen LogP contribution is 2.39. The third-order valence-electron chi connectivity index (χ3n) is 10.9. The van der Waals surface area contributed by atoms with Crippen molar-refractivity contribution in [2.75, 3.05) is 47.3 Å². The Labute approximate surface area is 376 Å². The molecule has 0 amide bonds. The third kappa shape index (κ3) is 18.0. The van der Waals surface area contributed by atoms with Crippen molar-refractivity contribution in [1.82, 2.24) is 0 Å². The van der Waals surface area contributed by atoms with Gasteiger partial charge in [-0.25, -0.2) is 33.2 Å². The van der Waals surface area contributed by atoms with E-state index in [9.17, 15) is 28.8 Å². The molecule has 2 aromatic rings. The van der Waals surface area contributed by atoms with Crippen LogP contribution < -0.4 is 4.74 Å². The van der Waals surface area contributed by atoms with E-state index >= 15 is 4.39 Å². The summed E-state index contributed by atoms with van der Waals surface area (Å²) in [4.78, 5) is 73.5. The minimum atomic E-state index is -1.60. The van der Waals surface area contributed by atoms with Crippen LogP contribution in [0.1, 0.15) is 102 Å². The van der Waals surface area contributed by atoms with Crippen LogP contribution in [0.5, 0.6) is 5.75 Å². The molecule has 0 aliphatic heterocycles. The predicted octanol–water partition coefficient (Wildman–Crippen LogP) is 8.82. The van der Waals surface area contributed by atoms with Gasteiger partial charge in [-0.15, -0.1) is 0 Å². The number of methoxy groups -OCH3 is 2. The Morgan fingerprint density at radius 3 is 1.83 bits per heavy atom. The molecule has 0 unspecified atom stereocenters. The van der Waals surface area contributed by atoms with Crippen LogP contribution in [0, 0.1) is 17.2 Å². The van der Waals surface area contributed by atoms with Crippen molar-refractivity contribution in [3.05, 3.63) is 102 Å². The topological polar surface area (TPSA) is 167 Å². The van der Waals surface area contributed by atoms with Crippen LogP contribution in [0.15, 0.2) is 85.0 Å². The Balaban J connectivity index is 1.97. The number of aryl methyl sites for hydroxylation is 1. The van der Waals surface area contributed by atoms with Gasteiger partial charge in [-0.3, -0.25) is 0 Å². The molecule has 64 heavy (non-hydrogen) atoms. The van der Waals surface area contributed by atoms with Crippen LogP contribution in [-0.2, 0) is 63.6 Å². The maximum absolute atomic E-state index is 16.1. The number of carbonyl (C=O) groups is 6. The lowest BCUT2D eigenvalue weighted by atomic mass is 9.77. The number of benzene rings is 2. The molecule has 0 spiro atoms. The first-order valence-corrected chi connectivity index (χ1v) is 21.7. The van der Waals surface area contributed by atoms with E-state index < -0.39 is 67.7 Å². The third-order valence-corrected chi connectivity index (χ3v) is 10.9. The molecule has 0 radical (unpaired) electrons. The van der Waals surface area contributed by atoms with Crippen LogP contribution in [0.4, 0.5) is 4.39 Å². The number of hydrogen-bond acceptors (Lipinski definition) is 13. The van der Waals surface area contributed by atoms with Gasteiger partial charge in [0, 0.05) is 41.0 Å². The normalized spacial score (nSPS) is 15.0. The van der Waals surface area contributed by atoms with E-state index in [1.54, 1.807) is 30.3 Å². The second-order valence-corrected chi connectivity index (χ2v) is 16.2. The Morgan fingerprint density at radius 1 is 0.688 bits per heavy atom. The monoisotopic (exact) mass is 890 g/mol. The molecule has 3 rings (SSSR count). The lowest BCUT2D eigenvalue weighted by Crippen LogP contribution is -2.44. The molecule has 2 aromatic carbocycles. The molecule has 1 aliphatic rings. The molecule has 1 fully saturated rings. The average Bonchev–Trinajstić information content (AvgIpc) is 3.29. The van der Waals surface area contributed by atoms with E-state index in [-0.39, 0.29) is 23.6 Å². The number of halogens is 1. The smallest absolute Gasteiger partial charge is 0.333 e. The van der Waals surface area contributed by atoms with Crippen molar-refractivity contribution in [3.8, 4) is 16.9 Å². The molecule has 348 valence electrons. The molecule has 0 atom stereocenters. The maximum Gasteiger partial charge on any atom is 0.333 e. The van der Waals surface area contributed by atoms with Gasteiger partial charge >= 0.3 is 35.8 Å². The van der Waals surface area contributed by atoms with Crippen molar-refractivity contribution < 1.29 is 66.3 Å². The summed E-state index contributed by atoms with van der Waals surface area (Å²) >= 11 is 0. The van der Waals surface area contributed by atoms with E-state index in [0.717, 1.165) is 75.7 Å². The first-order chi connectivity index (χ1) is 30.6. The molecule has 0 aromatic heterocycles. The van der Waals surface area contributed by atoms with Gasteiger partial charge in [-0.2, -0.15) is 0 Å². The van der Waals surface area contributed by atoms with Crippen LogP contribution in [0.3, 0.4) is 0 Å². The van der Waals surface area contributed by atoms with Crippen molar-refractivity contribution in [2.24, 2.45) is 11.3 Å². The van der Waals surface area contributed by atoms with Gasteiger partial charge in [0.25, 0.3) is 0 Å². The van der Waals surface area contributed by atoms with Crippen molar-refractivity contribution in [2.45, 2.75) is 97.3 Å². The molecule has 0 N–H and O–H groups in total. The van der Waals surface area contributed by atoms with Gasteiger partial charge in [-0.05, 0) is 99.1 Å². The minimum absolute atomic E-state index is 0.0459. The zero-order valence-electron chi connectivity index (χ0n) is 37.8. The van der Waals surface area contributed by atoms with Crippen molar-refractivity contribution in [3.63, 3.8) is 0 Å². The highest BCUT2D eigenvalue weighted by atomic mass is 19.1. The van der Waals surface area contributed by atoms with Crippen molar-refractivity contribution in [1.29, 1.82) is 0 Å². The van der Waals surface area contributed by atoms with Gasteiger partial charge < -0.3 is 33.2 Å². The quantitative estimate of drug-likeness (QED) is 0.0381. The minimum Gasteiger partial charge on any atom is -0.492 e. The Morgan fingerprint density at radius 2 is 1.27 bits per heavy atom. The second kappa shape index (κ2) is 27.2. The molecule has 0 saturated heterocycles. The summed E-state index contributed by atoms with van der Waals surface area (Å²) in [7, 11) is 2.26. The van der Waals surface area contributed by atoms with Crippen LogP contribution in [0.25, 0.3) is 11.1 Å². The molecule has 1 aliphatic carbocycles. The van der Waals surface area contributed by atoms with E-state index in [1.165, 1.54) is 46.0 Å². The summed E-state index contributed by atoms with van der Waals surface area (Å²) in [5, 5.41) is 0. The fourth-order valence-corrected chi connectivity index (χ4v) is 7.07. The van der Waals surface area contributed by atoms with Gasteiger partial charge in [0.15, 0.2) is 0 Å². The first-order valence-electron chi connectivity index (χ1n) is 21.7. The molecule has 1 saturated carbocycles. The summed E-state index contributed by atoms with van der Waals surface area (Å²) in [6, 6.07) is 10.5. The molecule has 0 heterocycles. The fourth-order valence-electron chi connectivity index (χ4n) is 7.07. The number of unbranched alkanes of at least 4 members (excludes halogenated alkanes) is 3. The number of esters is 6. The Bertz CT molecular complexity index is 1970. The van der Waals surface area contributed by atoms with E-state index in [1.807, 2.05) is 6.07 Å². The van der Waals surface area contributed by atoms with Crippen molar-refractivity contribution >= 4 is 35.8 Å². The molecule has 0 bridgehead atoms. The number of carbonyl (C=O) groups excluding carboxylic acids is 6. The molecular formula is C50H63FO13. The summed E-state index contributed by atoms with van der Waals surface area (Å²) < 4.78 is 53.2. The lowest BCUT2D eigenvalue weighted by molar-refractivity contribution is -0.159. The highest BCUT2D eigenvalue weighted by Gasteiger charge is 2.38. The second-order valence-electron chi connectivity index (χ2n) is 16.2. The fraction of sp³-hybridized carbons (Fsp3) is 0.480. The summed E-state index contributed by atoms with van der Waals surface area (Å²) in [6.45, 7) is 10.4. The van der Waals surface area contributed by atoms with Gasteiger partial charge in [0.2, 0.25) is 0 Å². The highest BCUT2D eigenvalue weighted by molar-refractivity contribution is 5.92. The summed E-state index contributed by atoms with van der Waals surface area (Å²) in [6.07, 6.45) is 14.6. The van der Waals surface area contributed by atoms with E-state index in [2.05, 4.69) is 29.6 Å². The predicted molar refractivity (Wildman–Crippen MR) is 237 cm³/mol. The van der Waals surface area contributed by atoms with Gasteiger partial charge in [-0.1, -0.05) is 70.4 Å². The molecule has 13 nitrogen and oxygen atoms in total. The number of ether oxygens (including phenoxy) is 7. The summed E-state index contributed by atoms with van der Waals surface area (Å²) in [5.74, 6) is -3.99. The SMILES string of the molecule is C=C(C)C(=O)OCCCc1cc(-c2ccc(C3CCC(CCCCCC)CC3)cc2F)ccc1OCC(COC(=O)/C=C/C(=O)OC)(COC(=O)/C=C/C(=O)OC)COC(=O)C(=C)C. The maximum atomic E-state index is 16.1. The molecular weight excluding hydrogens is 828 g/mol. The standard InChI is InChI=1S/C50H63FO13/c1-8-9-10-11-13-36-15-17-37(18-16-36)38-19-21-41(42(51)29-38)39-20-22-43(40(28-39)14-12-27-60-48(56)34(2)3)61-30-50(33-64-49(57)35(4)5,31-62-46(54)25-23-44(52)58-6)32-63-47(55)26-24-45(53)59-7/h19-26,28-29,36-37H,2,4,8-18,27,30-33H2,1,3,5-7H3/b25-23+,26-24+. The average molecular weight is 891 g/mol. The number of rotatable bonds is 26. The Hall–Kier alpha value is -6.05. The Kier molecular flexibility index (Phi) is 22.2. The first kappa shape index (κ1) is 52.3. The molecule has 14 heteroatoms. The van der Waals surface area contributed by atoms with Crippen LogP contribution in [-0.4, -0.2) is 83.1 Å². The van der Waals surface area contributed by atoms with Gasteiger partial charge in [0.1, 0.15) is 43.4 Å². The van der Waals surface area contributed by atoms with E-state index in [0.29, 0.717) is 41.2 Å². The van der Waals surface area contributed by atoms with Crippen LogP contribution in [0.2, 0.25) is 0 Å². The number of hydrogen-bond donors (Lipinski definition) is 0. The zero-order valence-corrected chi connectivity index (χ0v) is 37.8. The zero-order chi connectivity index (χ0) is 47.1. The lowest BCUT2D eigenvalue weighted by Gasteiger charge is -2.32. The van der Waals surface area contributed by atoms with Gasteiger partial charge in [0.05, 0.1) is 20.8 Å².